The predicted molar refractivity (Wildman–Crippen MR) is 98.4 cm³/mol. The number of hydrogen-bond donors (Lipinski definition) is 0. The van der Waals surface area contributed by atoms with Crippen LogP contribution in [0.2, 0.25) is 0 Å². The van der Waals surface area contributed by atoms with Gasteiger partial charge in [0, 0.05) is 31.0 Å². The fourth-order valence-corrected chi connectivity index (χ4v) is 2.26. The number of rotatable bonds is 8. The van der Waals surface area contributed by atoms with Crippen LogP contribution in [0.5, 0.6) is 0 Å². The summed E-state index contributed by atoms with van der Waals surface area (Å²) in [6, 6.07) is 11.2. The Labute approximate surface area is 156 Å². The van der Waals surface area contributed by atoms with Gasteiger partial charge in [-0.3, -0.25) is 24.7 Å². The molecule has 2 rings (SSSR count). The molecule has 0 atom stereocenters. The number of amides is 1. The van der Waals surface area contributed by atoms with Crippen LogP contribution in [0.25, 0.3) is 6.08 Å². The highest BCUT2D eigenvalue weighted by atomic mass is 16.6. The molecule has 0 fully saturated rings. The Balaban J connectivity index is 2.09. The minimum atomic E-state index is -0.486. The van der Waals surface area contributed by atoms with Crippen LogP contribution >= 0.6 is 0 Å². The summed E-state index contributed by atoms with van der Waals surface area (Å²) < 4.78 is 4.62. The van der Waals surface area contributed by atoms with Gasteiger partial charge in [-0.05, 0) is 35.9 Å². The number of pyridine rings is 1. The second-order valence-corrected chi connectivity index (χ2v) is 5.59. The van der Waals surface area contributed by atoms with Crippen LogP contribution in [0.1, 0.15) is 17.7 Å². The molecule has 140 valence electrons. The lowest BCUT2D eigenvalue weighted by atomic mass is 10.2. The van der Waals surface area contributed by atoms with Gasteiger partial charge in [0.15, 0.2) is 0 Å². The van der Waals surface area contributed by atoms with E-state index in [1.165, 1.54) is 30.2 Å². The van der Waals surface area contributed by atoms with Crippen LogP contribution in [-0.4, -0.2) is 40.3 Å². The third-order valence-electron chi connectivity index (χ3n) is 3.73. The zero-order valence-electron chi connectivity index (χ0n) is 14.8. The highest BCUT2D eigenvalue weighted by Gasteiger charge is 2.14. The summed E-state index contributed by atoms with van der Waals surface area (Å²) in [7, 11) is 1.29. The summed E-state index contributed by atoms with van der Waals surface area (Å²) in [6.45, 7) is 0.438. The van der Waals surface area contributed by atoms with Crippen molar-refractivity contribution in [3.63, 3.8) is 0 Å². The molecule has 1 amide bonds. The van der Waals surface area contributed by atoms with E-state index in [9.17, 15) is 19.7 Å². The molecular weight excluding hydrogens is 350 g/mol. The Bertz CT molecular complexity index is 819. The summed E-state index contributed by atoms with van der Waals surface area (Å²) in [5.41, 5.74) is 1.33. The van der Waals surface area contributed by atoms with E-state index >= 15 is 0 Å². The number of methoxy groups -OCH3 is 1. The third-order valence-corrected chi connectivity index (χ3v) is 3.73. The number of carbonyl (C=O) groups excluding carboxylic acids is 2. The summed E-state index contributed by atoms with van der Waals surface area (Å²) in [4.78, 5) is 39.8. The van der Waals surface area contributed by atoms with Gasteiger partial charge in [-0.1, -0.05) is 6.07 Å². The van der Waals surface area contributed by atoms with E-state index in [0.717, 1.165) is 0 Å². The molecule has 0 aliphatic carbocycles. The lowest BCUT2D eigenvalue weighted by molar-refractivity contribution is -0.384. The van der Waals surface area contributed by atoms with Gasteiger partial charge in [-0.15, -0.1) is 0 Å². The Kier molecular flexibility index (Phi) is 7.18. The first-order chi connectivity index (χ1) is 13.0. The van der Waals surface area contributed by atoms with Crippen LogP contribution in [-0.2, 0) is 20.9 Å². The molecule has 0 bridgehead atoms. The van der Waals surface area contributed by atoms with Gasteiger partial charge >= 0.3 is 5.97 Å². The number of nitro groups is 1. The zero-order valence-corrected chi connectivity index (χ0v) is 14.8. The van der Waals surface area contributed by atoms with Crippen molar-refractivity contribution in [1.29, 1.82) is 0 Å². The van der Waals surface area contributed by atoms with E-state index < -0.39 is 10.9 Å². The molecule has 0 aliphatic rings. The maximum atomic E-state index is 12.5. The summed E-state index contributed by atoms with van der Waals surface area (Å²) in [6.07, 6.45) is 4.63. The number of benzene rings is 1. The molecule has 0 unspecified atom stereocenters. The number of non-ortho nitro benzene ring substituents is 1. The largest absolute Gasteiger partial charge is 0.469 e. The monoisotopic (exact) mass is 369 g/mol. The summed E-state index contributed by atoms with van der Waals surface area (Å²) in [5.74, 6) is -0.712. The van der Waals surface area contributed by atoms with Crippen molar-refractivity contribution in [1.82, 2.24) is 9.88 Å². The lowest BCUT2D eigenvalue weighted by Gasteiger charge is -2.20. The van der Waals surface area contributed by atoms with Crippen molar-refractivity contribution in [3.8, 4) is 0 Å². The lowest BCUT2D eigenvalue weighted by Crippen LogP contribution is -2.31. The molecule has 0 N–H and O–H groups in total. The van der Waals surface area contributed by atoms with Gasteiger partial charge in [0.2, 0.25) is 5.91 Å². The van der Waals surface area contributed by atoms with Gasteiger partial charge in [0.05, 0.1) is 30.7 Å². The zero-order chi connectivity index (χ0) is 19.6. The fourth-order valence-electron chi connectivity index (χ4n) is 2.26. The van der Waals surface area contributed by atoms with Crippen LogP contribution < -0.4 is 0 Å². The molecule has 1 heterocycles. The van der Waals surface area contributed by atoms with E-state index in [1.807, 2.05) is 6.07 Å². The van der Waals surface area contributed by atoms with Gasteiger partial charge in [-0.25, -0.2) is 0 Å². The van der Waals surface area contributed by atoms with Crippen molar-refractivity contribution in [2.24, 2.45) is 0 Å². The summed E-state index contributed by atoms with van der Waals surface area (Å²) in [5, 5.41) is 10.7. The van der Waals surface area contributed by atoms with Gasteiger partial charge in [0.25, 0.3) is 5.69 Å². The van der Waals surface area contributed by atoms with E-state index in [1.54, 1.807) is 36.5 Å². The molecule has 8 nitrogen and oxygen atoms in total. The van der Waals surface area contributed by atoms with E-state index in [0.29, 0.717) is 11.3 Å². The maximum absolute atomic E-state index is 12.5. The van der Waals surface area contributed by atoms with Crippen molar-refractivity contribution < 1.29 is 19.2 Å². The summed E-state index contributed by atoms with van der Waals surface area (Å²) >= 11 is 0. The number of esters is 1. The minimum absolute atomic E-state index is 0.0201. The van der Waals surface area contributed by atoms with Crippen LogP contribution in [0.15, 0.2) is 54.7 Å². The smallest absolute Gasteiger partial charge is 0.307 e. The molecule has 0 spiro atoms. The molecule has 0 saturated carbocycles. The van der Waals surface area contributed by atoms with E-state index in [4.69, 9.17) is 0 Å². The van der Waals surface area contributed by atoms with Crippen molar-refractivity contribution >= 4 is 23.6 Å². The molecule has 0 radical (unpaired) electrons. The van der Waals surface area contributed by atoms with Crippen molar-refractivity contribution in [2.45, 2.75) is 13.0 Å². The first-order valence-electron chi connectivity index (χ1n) is 8.18. The molecule has 1 aromatic heterocycles. The predicted octanol–water partition coefficient (Wildman–Crippen LogP) is 2.59. The first kappa shape index (κ1) is 19.8. The standard InChI is InChI=1S/C19H19N3O5/c1-27-19(24)11-13-21(14-16-4-2-3-12-20-16)18(23)10-7-15-5-8-17(9-6-15)22(25)26/h2-10,12H,11,13-14H2,1H3/b10-7+. The Hall–Kier alpha value is -3.55. The second-order valence-electron chi connectivity index (χ2n) is 5.59. The second kappa shape index (κ2) is 9.81. The topological polar surface area (TPSA) is 103 Å². The van der Waals surface area contributed by atoms with Gasteiger partial charge in [-0.2, -0.15) is 0 Å². The minimum Gasteiger partial charge on any atom is -0.469 e. The number of nitro benzene ring substituents is 1. The molecule has 0 saturated heterocycles. The van der Waals surface area contributed by atoms with Crippen LogP contribution in [0.4, 0.5) is 5.69 Å². The molecule has 0 aliphatic heterocycles. The first-order valence-corrected chi connectivity index (χ1v) is 8.18. The maximum Gasteiger partial charge on any atom is 0.307 e. The van der Waals surface area contributed by atoms with Crippen LogP contribution in [0, 0.1) is 10.1 Å². The van der Waals surface area contributed by atoms with Crippen molar-refractivity contribution in [3.05, 3.63) is 76.1 Å². The Morgan fingerprint density at radius 1 is 1.22 bits per heavy atom. The normalized spacial score (nSPS) is 10.6. The SMILES string of the molecule is COC(=O)CCN(Cc1ccccn1)C(=O)/C=C/c1ccc([N+](=O)[O-])cc1. The average molecular weight is 369 g/mol. The van der Waals surface area contributed by atoms with Crippen LogP contribution in [0.3, 0.4) is 0 Å². The Morgan fingerprint density at radius 3 is 2.56 bits per heavy atom. The average Bonchev–Trinajstić information content (AvgIpc) is 2.70. The molecule has 27 heavy (non-hydrogen) atoms. The van der Waals surface area contributed by atoms with Gasteiger partial charge < -0.3 is 9.64 Å². The molecule has 8 heteroatoms. The third kappa shape index (κ3) is 6.35. The molecular formula is C19H19N3O5. The van der Waals surface area contributed by atoms with E-state index in [2.05, 4.69) is 9.72 Å². The number of ether oxygens (including phenoxy) is 1. The number of carbonyl (C=O) groups is 2. The van der Waals surface area contributed by atoms with Gasteiger partial charge in [0.1, 0.15) is 0 Å². The highest BCUT2D eigenvalue weighted by Crippen LogP contribution is 2.13. The Morgan fingerprint density at radius 2 is 1.96 bits per heavy atom. The van der Waals surface area contributed by atoms with E-state index in [-0.39, 0.29) is 31.1 Å². The molecule has 2 aromatic rings. The quantitative estimate of drug-likeness (QED) is 0.307. The number of aromatic nitrogens is 1. The van der Waals surface area contributed by atoms with Crippen molar-refractivity contribution in [2.75, 3.05) is 13.7 Å². The molecule has 1 aromatic carbocycles. The number of hydrogen-bond acceptors (Lipinski definition) is 6. The fraction of sp³-hybridized carbons (Fsp3) is 0.211. The highest BCUT2D eigenvalue weighted by molar-refractivity contribution is 5.92. The number of nitrogens with zero attached hydrogens (tertiary/aromatic N) is 3.